The Bertz CT molecular complexity index is 242. The second-order valence-electron chi connectivity index (χ2n) is 3.57. The highest BCUT2D eigenvalue weighted by atomic mass is 32.2. The van der Waals surface area contributed by atoms with Crippen molar-refractivity contribution in [3.05, 3.63) is 0 Å². The highest BCUT2D eigenvalue weighted by molar-refractivity contribution is 7.87. The van der Waals surface area contributed by atoms with Crippen LogP contribution in [0.15, 0.2) is 0 Å². The lowest BCUT2D eigenvalue weighted by atomic mass is 9.86. The van der Waals surface area contributed by atoms with Crippen LogP contribution < -0.4 is 0 Å². The third kappa shape index (κ3) is 2.40. The van der Waals surface area contributed by atoms with E-state index in [0.29, 0.717) is 19.3 Å². The van der Waals surface area contributed by atoms with Gasteiger partial charge in [0.2, 0.25) is 0 Å². The molecule has 1 fully saturated rings. The minimum atomic E-state index is -3.84. The van der Waals surface area contributed by atoms with Crippen LogP contribution in [0.4, 0.5) is 4.70 Å². The number of hydrogen-bond donors (Lipinski definition) is 1. The number of rotatable bonds is 2. The van der Waals surface area contributed by atoms with E-state index >= 15 is 0 Å². The van der Waals surface area contributed by atoms with Gasteiger partial charge in [0.15, 0.2) is 0 Å². The van der Waals surface area contributed by atoms with E-state index in [1.807, 2.05) is 6.92 Å². The monoisotopic (exact) mass is 212 g/mol. The summed E-state index contributed by atoms with van der Waals surface area (Å²) < 4.78 is 30.4. The standard InChI is InChI=1S/C8H16O3S.FH/c1-2-8(12(9,10)11)6-4-3-5-7-8;/h2-7H2,1H3,(H,9,10,11);1H. The zero-order valence-electron chi connectivity index (χ0n) is 7.82. The lowest BCUT2D eigenvalue weighted by Crippen LogP contribution is -2.39. The van der Waals surface area contributed by atoms with E-state index in [9.17, 15) is 8.42 Å². The first-order valence-electron chi connectivity index (χ1n) is 4.49. The molecule has 0 bridgehead atoms. The van der Waals surface area contributed by atoms with Crippen molar-refractivity contribution in [2.45, 2.75) is 50.2 Å². The summed E-state index contributed by atoms with van der Waals surface area (Å²) in [5.41, 5.74) is 0. The normalized spacial score (nSPS) is 22.0. The maximum atomic E-state index is 11.1. The molecule has 0 saturated heterocycles. The fourth-order valence-corrected chi connectivity index (χ4v) is 3.16. The Balaban J connectivity index is 0.00000144. The number of hydrogen-bond acceptors (Lipinski definition) is 2. The van der Waals surface area contributed by atoms with Gasteiger partial charge in [0.05, 0.1) is 4.75 Å². The first kappa shape index (κ1) is 12.8. The van der Waals surface area contributed by atoms with Gasteiger partial charge in [0, 0.05) is 0 Å². The van der Waals surface area contributed by atoms with Crippen molar-refractivity contribution in [3.8, 4) is 0 Å². The van der Waals surface area contributed by atoms with Gasteiger partial charge in [-0.2, -0.15) is 8.42 Å². The summed E-state index contributed by atoms with van der Waals surface area (Å²) in [6, 6.07) is 0. The van der Waals surface area contributed by atoms with Crippen molar-refractivity contribution in [1.29, 1.82) is 0 Å². The molecule has 1 aliphatic carbocycles. The largest absolute Gasteiger partial charge is 0.285 e. The molecule has 1 aliphatic rings. The average Bonchev–Trinajstić information content (AvgIpc) is 2.04. The van der Waals surface area contributed by atoms with Crippen LogP contribution in [0.2, 0.25) is 0 Å². The van der Waals surface area contributed by atoms with Gasteiger partial charge >= 0.3 is 0 Å². The lowest BCUT2D eigenvalue weighted by Gasteiger charge is -2.32. The Morgan fingerprint density at radius 2 is 1.69 bits per heavy atom. The van der Waals surface area contributed by atoms with Gasteiger partial charge in [-0.25, -0.2) is 0 Å². The SMILES string of the molecule is CCC1(S(=O)(=O)O)CCCCC1.F. The molecule has 1 saturated carbocycles. The fourth-order valence-electron chi connectivity index (χ4n) is 1.99. The molecule has 13 heavy (non-hydrogen) atoms. The van der Waals surface area contributed by atoms with Crippen LogP contribution in [-0.2, 0) is 10.1 Å². The first-order chi connectivity index (χ1) is 5.52. The van der Waals surface area contributed by atoms with E-state index in [1.54, 1.807) is 0 Å². The Labute approximate surface area is 78.6 Å². The molecule has 0 aromatic heterocycles. The van der Waals surface area contributed by atoms with Gasteiger partial charge in [-0.05, 0) is 19.3 Å². The molecular weight excluding hydrogens is 195 g/mol. The van der Waals surface area contributed by atoms with Crippen molar-refractivity contribution >= 4 is 10.1 Å². The second kappa shape index (κ2) is 4.37. The molecule has 1 N–H and O–H groups in total. The van der Waals surface area contributed by atoms with Crippen LogP contribution in [0.1, 0.15) is 45.4 Å². The maximum absolute atomic E-state index is 11.1. The van der Waals surface area contributed by atoms with E-state index < -0.39 is 14.9 Å². The number of halogens is 1. The molecule has 0 heterocycles. The molecule has 0 aromatic carbocycles. The van der Waals surface area contributed by atoms with Gasteiger partial charge in [0.1, 0.15) is 0 Å². The Hall–Kier alpha value is -0.160. The van der Waals surface area contributed by atoms with Crippen molar-refractivity contribution in [3.63, 3.8) is 0 Å². The van der Waals surface area contributed by atoms with Crippen LogP contribution in [0.5, 0.6) is 0 Å². The van der Waals surface area contributed by atoms with Crippen molar-refractivity contribution in [1.82, 2.24) is 0 Å². The van der Waals surface area contributed by atoms with E-state index in [1.165, 1.54) is 0 Å². The molecule has 80 valence electrons. The third-order valence-electron chi connectivity index (χ3n) is 2.96. The fraction of sp³-hybridized carbons (Fsp3) is 1.00. The molecule has 3 nitrogen and oxygen atoms in total. The average molecular weight is 212 g/mol. The summed E-state index contributed by atoms with van der Waals surface area (Å²) in [6.45, 7) is 1.83. The van der Waals surface area contributed by atoms with Crippen LogP contribution in [0.25, 0.3) is 0 Å². The Morgan fingerprint density at radius 1 is 1.23 bits per heavy atom. The predicted molar refractivity (Wildman–Crippen MR) is 50.2 cm³/mol. The zero-order valence-corrected chi connectivity index (χ0v) is 8.64. The molecular formula is C8H17FO3S. The van der Waals surface area contributed by atoms with Crippen molar-refractivity contribution < 1.29 is 17.7 Å². The van der Waals surface area contributed by atoms with Gasteiger partial charge in [-0.15, -0.1) is 0 Å². The Kier molecular flexibility index (Phi) is 4.32. The highest BCUT2D eigenvalue weighted by Gasteiger charge is 2.41. The van der Waals surface area contributed by atoms with Crippen LogP contribution >= 0.6 is 0 Å². The minimum Gasteiger partial charge on any atom is -0.285 e. The third-order valence-corrected chi connectivity index (χ3v) is 4.75. The molecule has 0 amide bonds. The smallest absolute Gasteiger partial charge is 0.270 e. The molecule has 0 unspecified atom stereocenters. The molecule has 0 spiro atoms. The van der Waals surface area contributed by atoms with Gasteiger partial charge in [0.25, 0.3) is 10.1 Å². The summed E-state index contributed by atoms with van der Waals surface area (Å²) in [7, 11) is -3.84. The van der Waals surface area contributed by atoms with E-state index in [4.69, 9.17) is 4.55 Å². The van der Waals surface area contributed by atoms with Crippen molar-refractivity contribution in [2.24, 2.45) is 0 Å². The maximum Gasteiger partial charge on any atom is 0.270 e. The molecule has 0 radical (unpaired) electrons. The van der Waals surface area contributed by atoms with Crippen LogP contribution in [-0.4, -0.2) is 17.7 Å². The first-order valence-corrected chi connectivity index (χ1v) is 5.93. The summed E-state index contributed by atoms with van der Waals surface area (Å²) in [6.07, 6.45) is 4.73. The molecule has 0 aromatic rings. The van der Waals surface area contributed by atoms with Crippen molar-refractivity contribution in [2.75, 3.05) is 0 Å². The Morgan fingerprint density at radius 3 is 1.92 bits per heavy atom. The van der Waals surface area contributed by atoms with E-state index in [-0.39, 0.29) is 4.70 Å². The second-order valence-corrected chi connectivity index (χ2v) is 5.39. The predicted octanol–water partition coefficient (Wildman–Crippen LogP) is 2.14. The molecule has 0 atom stereocenters. The molecule has 1 rings (SSSR count). The van der Waals surface area contributed by atoms with Crippen LogP contribution in [0, 0.1) is 0 Å². The quantitative estimate of drug-likeness (QED) is 0.713. The minimum absolute atomic E-state index is 0. The topological polar surface area (TPSA) is 54.4 Å². The molecule has 0 aliphatic heterocycles. The highest BCUT2D eigenvalue weighted by Crippen LogP contribution is 2.37. The van der Waals surface area contributed by atoms with Gasteiger partial charge in [-0.3, -0.25) is 9.26 Å². The lowest BCUT2D eigenvalue weighted by molar-refractivity contribution is 0.332. The molecule has 5 heteroatoms. The van der Waals surface area contributed by atoms with Gasteiger partial charge in [-0.1, -0.05) is 26.2 Å². The van der Waals surface area contributed by atoms with Gasteiger partial charge < -0.3 is 0 Å². The van der Waals surface area contributed by atoms with Crippen LogP contribution in [0.3, 0.4) is 0 Å². The summed E-state index contributed by atoms with van der Waals surface area (Å²) in [5.74, 6) is 0. The van der Waals surface area contributed by atoms with E-state index in [2.05, 4.69) is 0 Å². The summed E-state index contributed by atoms with van der Waals surface area (Å²) in [5, 5.41) is 0. The summed E-state index contributed by atoms with van der Waals surface area (Å²) >= 11 is 0. The zero-order chi connectivity index (χ0) is 9.24. The summed E-state index contributed by atoms with van der Waals surface area (Å²) in [4.78, 5) is 0. The van der Waals surface area contributed by atoms with E-state index in [0.717, 1.165) is 19.3 Å².